The Kier molecular flexibility index (Phi) is 6.51. The number of hydrogen-bond acceptors (Lipinski definition) is 6. The molecule has 0 unspecified atom stereocenters. The normalized spacial score (nSPS) is 14.7. The number of carbonyl (C=O) groups excluding carboxylic acids is 2. The van der Waals surface area contributed by atoms with Crippen molar-refractivity contribution in [1.82, 2.24) is 4.98 Å². The molecule has 172 valence electrons. The fraction of sp³-hybridized carbons (Fsp3) is 0.192. The number of rotatable bonds is 7. The van der Waals surface area contributed by atoms with Crippen molar-refractivity contribution in [3.8, 4) is 5.75 Å². The number of nitrogens with zero attached hydrogens (tertiary/aromatic N) is 2. The van der Waals surface area contributed by atoms with Gasteiger partial charge < -0.3 is 15.0 Å². The Labute approximate surface area is 206 Å². The number of nitrogens with one attached hydrogen (secondary N) is 1. The first-order valence-electron chi connectivity index (χ1n) is 11.0. The van der Waals surface area contributed by atoms with Crippen LogP contribution in [0.2, 0.25) is 0 Å². The maximum Gasteiger partial charge on any atom is 0.262 e. The van der Waals surface area contributed by atoms with E-state index in [0.29, 0.717) is 17.2 Å². The lowest BCUT2D eigenvalue weighted by atomic mass is 10.1. The van der Waals surface area contributed by atoms with Gasteiger partial charge in [0.2, 0.25) is 5.91 Å². The first-order chi connectivity index (χ1) is 16.6. The number of amides is 2. The maximum atomic E-state index is 13.0. The highest BCUT2D eigenvalue weighted by Gasteiger charge is 2.30. The van der Waals surface area contributed by atoms with Crippen molar-refractivity contribution in [2.75, 3.05) is 22.6 Å². The summed E-state index contributed by atoms with van der Waals surface area (Å²) in [5, 5.41) is 2.86. The monoisotopic (exact) mass is 489 g/mol. The van der Waals surface area contributed by atoms with Crippen molar-refractivity contribution >= 4 is 56.5 Å². The zero-order valence-corrected chi connectivity index (χ0v) is 20.2. The molecule has 1 atom stereocenters. The van der Waals surface area contributed by atoms with Crippen molar-refractivity contribution in [3.63, 3.8) is 0 Å². The SMILES string of the molecule is C[C@@H]1Cc2ccccc2N1C(=O)CSc1nc2ccc(NC(=O)COc3ccccc3)cc2s1. The fourth-order valence-corrected chi connectivity index (χ4v) is 6.01. The predicted octanol–water partition coefficient (Wildman–Crippen LogP) is 5.38. The molecule has 6 nitrogen and oxygen atoms in total. The van der Waals surface area contributed by atoms with Gasteiger partial charge in [0.15, 0.2) is 10.9 Å². The van der Waals surface area contributed by atoms with Crippen LogP contribution in [0.4, 0.5) is 11.4 Å². The van der Waals surface area contributed by atoms with Gasteiger partial charge in [-0.1, -0.05) is 48.2 Å². The van der Waals surface area contributed by atoms with E-state index in [0.717, 1.165) is 26.7 Å². The van der Waals surface area contributed by atoms with Crippen LogP contribution in [0, 0.1) is 0 Å². The lowest BCUT2D eigenvalue weighted by Crippen LogP contribution is -2.36. The molecule has 0 bridgehead atoms. The molecule has 0 aliphatic carbocycles. The Morgan fingerprint density at radius 1 is 1.12 bits per heavy atom. The molecule has 4 aromatic rings. The number of anilines is 2. The quantitative estimate of drug-likeness (QED) is 0.353. The molecule has 2 heterocycles. The Hall–Kier alpha value is -3.36. The van der Waals surface area contributed by atoms with Crippen molar-refractivity contribution in [2.45, 2.75) is 23.7 Å². The summed E-state index contributed by atoms with van der Waals surface area (Å²) in [6, 6.07) is 23.1. The van der Waals surface area contributed by atoms with Gasteiger partial charge in [-0.15, -0.1) is 11.3 Å². The summed E-state index contributed by atoms with van der Waals surface area (Å²) in [4.78, 5) is 31.8. The zero-order valence-electron chi connectivity index (χ0n) is 18.6. The number of para-hydroxylation sites is 2. The lowest BCUT2D eigenvalue weighted by molar-refractivity contribution is -0.118. The van der Waals surface area contributed by atoms with E-state index >= 15 is 0 Å². The molecule has 34 heavy (non-hydrogen) atoms. The van der Waals surface area contributed by atoms with Gasteiger partial charge in [0, 0.05) is 17.4 Å². The van der Waals surface area contributed by atoms with Crippen LogP contribution in [0.3, 0.4) is 0 Å². The summed E-state index contributed by atoms with van der Waals surface area (Å²) in [5.41, 5.74) is 3.77. The molecular weight excluding hydrogens is 466 g/mol. The summed E-state index contributed by atoms with van der Waals surface area (Å²) in [6.07, 6.45) is 0.888. The van der Waals surface area contributed by atoms with E-state index in [4.69, 9.17) is 4.74 Å². The van der Waals surface area contributed by atoms with Gasteiger partial charge in [-0.3, -0.25) is 9.59 Å². The van der Waals surface area contributed by atoms with Crippen LogP contribution in [0.15, 0.2) is 77.1 Å². The second-order valence-corrected chi connectivity index (χ2v) is 10.3. The van der Waals surface area contributed by atoms with E-state index in [-0.39, 0.29) is 24.5 Å². The Morgan fingerprint density at radius 2 is 1.91 bits per heavy atom. The third kappa shape index (κ3) is 4.93. The molecule has 2 amide bonds. The molecule has 0 fully saturated rings. The number of aromatic nitrogens is 1. The van der Waals surface area contributed by atoms with Crippen molar-refractivity contribution in [2.24, 2.45) is 0 Å². The molecule has 0 saturated carbocycles. The van der Waals surface area contributed by atoms with Crippen molar-refractivity contribution in [1.29, 1.82) is 0 Å². The largest absolute Gasteiger partial charge is 0.484 e. The first-order valence-corrected chi connectivity index (χ1v) is 12.8. The number of thiazole rings is 1. The summed E-state index contributed by atoms with van der Waals surface area (Å²) < 4.78 is 7.28. The van der Waals surface area contributed by atoms with Crippen LogP contribution < -0.4 is 15.0 Å². The lowest BCUT2D eigenvalue weighted by Gasteiger charge is -2.22. The summed E-state index contributed by atoms with van der Waals surface area (Å²) in [5.74, 6) is 0.846. The maximum absolute atomic E-state index is 13.0. The number of benzene rings is 3. The predicted molar refractivity (Wildman–Crippen MR) is 138 cm³/mol. The second-order valence-electron chi connectivity index (χ2n) is 8.05. The number of fused-ring (bicyclic) bond motifs is 2. The van der Waals surface area contributed by atoms with Crippen LogP contribution in [0.1, 0.15) is 12.5 Å². The third-order valence-electron chi connectivity index (χ3n) is 5.56. The molecule has 1 N–H and O–H groups in total. The van der Waals surface area contributed by atoms with Crippen molar-refractivity contribution < 1.29 is 14.3 Å². The zero-order chi connectivity index (χ0) is 23.5. The average molecular weight is 490 g/mol. The van der Waals surface area contributed by atoms with Gasteiger partial charge in [0.05, 0.1) is 16.0 Å². The van der Waals surface area contributed by atoms with Crippen LogP contribution in [-0.4, -0.2) is 35.2 Å². The Morgan fingerprint density at radius 3 is 2.76 bits per heavy atom. The van der Waals surface area contributed by atoms with E-state index in [1.54, 1.807) is 0 Å². The van der Waals surface area contributed by atoms with Gasteiger partial charge >= 0.3 is 0 Å². The molecular formula is C26H23N3O3S2. The molecule has 1 aromatic heterocycles. The number of carbonyl (C=O) groups is 2. The van der Waals surface area contributed by atoms with Gasteiger partial charge in [0.1, 0.15) is 5.75 Å². The van der Waals surface area contributed by atoms with E-state index < -0.39 is 0 Å². The molecule has 0 saturated heterocycles. The summed E-state index contributed by atoms with van der Waals surface area (Å²) in [7, 11) is 0. The number of thioether (sulfide) groups is 1. The van der Waals surface area contributed by atoms with Crippen LogP contribution in [0.25, 0.3) is 10.2 Å². The molecule has 1 aliphatic rings. The minimum absolute atomic E-state index is 0.0635. The minimum atomic E-state index is -0.229. The highest BCUT2D eigenvalue weighted by atomic mass is 32.2. The minimum Gasteiger partial charge on any atom is -0.484 e. The standard InChI is InChI=1S/C26H23N3O3S2/c1-17-13-18-7-5-6-10-22(18)29(17)25(31)16-33-26-28-21-12-11-19(14-23(21)34-26)27-24(30)15-32-20-8-3-2-4-9-20/h2-12,14,17H,13,15-16H2,1H3,(H,27,30)/t17-/m1/s1. The van der Waals surface area contributed by atoms with Gasteiger partial charge in [-0.05, 0) is 55.3 Å². The van der Waals surface area contributed by atoms with E-state index in [1.165, 1.54) is 28.7 Å². The van der Waals surface area contributed by atoms with Crippen LogP contribution in [-0.2, 0) is 16.0 Å². The van der Waals surface area contributed by atoms with Gasteiger partial charge in [0.25, 0.3) is 5.91 Å². The smallest absolute Gasteiger partial charge is 0.262 e. The molecule has 1 aliphatic heterocycles. The van der Waals surface area contributed by atoms with Crippen LogP contribution in [0.5, 0.6) is 5.75 Å². The number of ether oxygens (including phenoxy) is 1. The second kappa shape index (κ2) is 9.87. The van der Waals surface area contributed by atoms with Crippen LogP contribution >= 0.6 is 23.1 Å². The first kappa shape index (κ1) is 22.4. The van der Waals surface area contributed by atoms with E-state index in [2.05, 4.69) is 23.3 Å². The number of hydrogen-bond donors (Lipinski definition) is 1. The summed E-state index contributed by atoms with van der Waals surface area (Å²) >= 11 is 2.97. The van der Waals surface area contributed by atoms with E-state index in [1.807, 2.05) is 71.6 Å². The third-order valence-corrected chi connectivity index (χ3v) is 7.71. The van der Waals surface area contributed by atoms with Crippen molar-refractivity contribution in [3.05, 3.63) is 78.4 Å². The fourth-order valence-electron chi connectivity index (χ4n) is 4.04. The molecule has 0 spiro atoms. The Balaban J connectivity index is 1.19. The summed E-state index contributed by atoms with van der Waals surface area (Å²) in [6.45, 7) is 2.02. The highest BCUT2D eigenvalue weighted by molar-refractivity contribution is 8.01. The van der Waals surface area contributed by atoms with E-state index in [9.17, 15) is 9.59 Å². The average Bonchev–Trinajstić information content (AvgIpc) is 3.41. The molecule has 5 rings (SSSR count). The topological polar surface area (TPSA) is 71.5 Å². The highest BCUT2D eigenvalue weighted by Crippen LogP contribution is 2.35. The molecule has 8 heteroatoms. The molecule has 0 radical (unpaired) electrons. The van der Waals surface area contributed by atoms with Gasteiger partial charge in [-0.25, -0.2) is 4.98 Å². The van der Waals surface area contributed by atoms with Gasteiger partial charge in [-0.2, -0.15) is 0 Å². The molecule has 3 aromatic carbocycles. The Bertz CT molecular complexity index is 1340.